The summed E-state index contributed by atoms with van der Waals surface area (Å²) in [6, 6.07) is 20.8. The van der Waals surface area contributed by atoms with Crippen molar-refractivity contribution in [1.29, 1.82) is 0 Å². The Labute approximate surface area is 183 Å². The quantitative estimate of drug-likeness (QED) is 0.391. The number of nitrogens with one attached hydrogen (secondary N) is 2. The Morgan fingerprint density at radius 3 is 2.70 bits per heavy atom. The summed E-state index contributed by atoms with van der Waals surface area (Å²) in [6.45, 7) is -0.00987. The number of aromatic nitrogens is 1. The lowest BCUT2D eigenvalue weighted by molar-refractivity contribution is -0.122. The van der Waals surface area contributed by atoms with Gasteiger partial charge in [0.15, 0.2) is 5.13 Å². The number of carbonyl (C=O) groups is 1. The second-order valence-corrected chi connectivity index (χ2v) is 8.12. The van der Waals surface area contributed by atoms with E-state index in [-0.39, 0.29) is 12.5 Å². The van der Waals surface area contributed by atoms with Crippen LogP contribution in [0.25, 0.3) is 22.0 Å². The SMILES string of the molecule is O=C(NCc1cccc(Cl)c1)[C@H](CO)Nc1nc(-c2ccc3ccccc3c2)cs1. The first kappa shape index (κ1) is 20.3. The van der Waals surface area contributed by atoms with Crippen LogP contribution in [-0.4, -0.2) is 28.6 Å². The van der Waals surface area contributed by atoms with Gasteiger partial charge in [0.1, 0.15) is 6.04 Å². The standard InChI is InChI=1S/C23H20ClN3O2S/c24-19-7-3-4-15(10-19)12-25-22(29)20(13-28)26-23-27-21(14-30-23)18-9-8-16-5-1-2-6-17(16)11-18/h1-11,14,20,28H,12-13H2,(H,25,29)(H,26,27)/t20-/m0/s1. The second kappa shape index (κ2) is 9.26. The molecule has 3 N–H and O–H groups in total. The van der Waals surface area contributed by atoms with Gasteiger partial charge in [0.05, 0.1) is 12.3 Å². The molecule has 0 radical (unpaired) electrons. The molecular formula is C23H20ClN3O2S. The van der Waals surface area contributed by atoms with E-state index in [9.17, 15) is 9.90 Å². The minimum absolute atomic E-state index is 0.306. The van der Waals surface area contributed by atoms with E-state index in [1.165, 1.54) is 16.7 Å². The van der Waals surface area contributed by atoms with Crippen LogP contribution in [0.4, 0.5) is 5.13 Å². The number of amides is 1. The molecule has 1 amide bonds. The lowest BCUT2D eigenvalue weighted by atomic mass is 10.1. The van der Waals surface area contributed by atoms with Gasteiger partial charge in [-0.1, -0.05) is 60.1 Å². The average Bonchev–Trinajstić information content (AvgIpc) is 3.24. The summed E-state index contributed by atoms with van der Waals surface area (Å²) < 4.78 is 0. The summed E-state index contributed by atoms with van der Waals surface area (Å²) in [5.74, 6) is -0.306. The molecule has 30 heavy (non-hydrogen) atoms. The van der Waals surface area contributed by atoms with E-state index in [2.05, 4.69) is 39.9 Å². The van der Waals surface area contributed by atoms with Gasteiger partial charge >= 0.3 is 0 Å². The Kier molecular flexibility index (Phi) is 6.28. The van der Waals surface area contributed by atoms with Crippen LogP contribution in [0.1, 0.15) is 5.56 Å². The first-order valence-electron chi connectivity index (χ1n) is 9.46. The van der Waals surface area contributed by atoms with Crippen molar-refractivity contribution in [3.05, 3.63) is 82.7 Å². The molecule has 0 fully saturated rings. The second-order valence-electron chi connectivity index (χ2n) is 6.83. The van der Waals surface area contributed by atoms with Crippen LogP contribution >= 0.6 is 22.9 Å². The third-order valence-corrected chi connectivity index (χ3v) is 5.71. The summed E-state index contributed by atoms with van der Waals surface area (Å²) in [5, 5.41) is 21.0. The van der Waals surface area contributed by atoms with Crippen molar-refractivity contribution < 1.29 is 9.90 Å². The van der Waals surface area contributed by atoms with Crippen LogP contribution < -0.4 is 10.6 Å². The predicted molar refractivity (Wildman–Crippen MR) is 123 cm³/mol. The fourth-order valence-electron chi connectivity index (χ4n) is 3.12. The van der Waals surface area contributed by atoms with E-state index < -0.39 is 6.04 Å². The van der Waals surface area contributed by atoms with Crippen molar-refractivity contribution in [2.75, 3.05) is 11.9 Å². The lowest BCUT2D eigenvalue weighted by Gasteiger charge is -2.15. The van der Waals surface area contributed by atoms with Crippen LogP contribution in [0.15, 0.2) is 72.1 Å². The number of aliphatic hydroxyl groups excluding tert-OH is 1. The number of rotatable bonds is 7. The summed E-state index contributed by atoms with van der Waals surface area (Å²) in [5.41, 5.74) is 2.72. The zero-order chi connectivity index (χ0) is 20.9. The Morgan fingerprint density at radius 1 is 1.07 bits per heavy atom. The Morgan fingerprint density at radius 2 is 1.90 bits per heavy atom. The van der Waals surface area contributed by atoms with Gasteiger partial charge in [-0.25, -0.2) is 4.98 Å². The molecular weight excluding hydrogens is 418 g/mol. The number of benzene rings is 3. The molecule has 1 heterocycles. The van der Waals surface area contributed by atoms with Crippen molar-refractivity contribution in [2.24, 2.45) is 0 Å². The Balaban J connectivity index is 1.42. The van der Waals surface area contributed by atoms with E-state index in [0.29, 0.717) is 16.7 Å². The topological polar surface area (TPSA) is 74.2 Å². The molecule has 7 heteroatoms. The molecule has 0 unspecified atom stereocenters. The third kappa shape index (κ3) is 4.79. The molecule has 0 aliphatic rings. The highest BCUT2D eigenvalue weighted by molar-refractivity contribution is 7.14. The highest BCUT2D eigenvalue weighted by Crippen LogP contribution is 2.28. The van der Waals surface area contributed by atoms with E-state index in [1.54, 1.807) is 12.1 Å². The monoisotopic (exact) mass is 437 g/mol. The number of carbonyl (C=O) groups excluding carboxylic acids is 1. The highest BCUT2D eigenvalue weighted by atomic mass is 35.5. The fourth-order valence-corrected chi connectivity index (χ4v) is 4.11. The zero-order valence-corrected chi connectivity index (χ0v) is 17.6. The zero-order valence-electron chi connectivity index (χ0n) is 16.0. The van der Waals surface area contributed by atoms with Crippen LogP contribution in [0.3, 0.4) is 0 Å². The van der Waals surface area contributed by atoms with E-state index >= 15 is 0 Å². The lowest BCUT2D eigenvalue weighted by Crippen LogP contribution is -2.41. The number of hydrogen-bond donors (Lipinski definition) is 3. The minimum Gasteiger partial charge on any atom is -0.394 e. The summed E-state index contributed by atoms with van der Waals surface area (Å²) in [7, 11) is 0. The number of aliphatic hydroxyl groups is 1. The third-order valence-electron chi connectivity index (χ3n) is 4.70. The number of anilines is 1. The predicted octanol–water partition coefficient (Wildman–Crippen LogP) is 4.71. The van der Waals surface area contributed by atoms with Gasteiger partial charge in [-0.2, -0.15) is 0 Å². The summed E-state index contributed by atoms with van der Waals surface area (Å²) in [6.07, 6.45) is 0. The molecule has 152 valence electrons. The van der Waals surface area contributed by atoms with Crippen LogP contribution in [0.5, 0.6) is 0 Å². The molecule has 4 rings (SSSR count). The van der Waals surface area contributed by atoms with Crippen molar-refractivity contribution in [3.8, 4) is 11.3 Å². The maximum Gasteiger partial charge on any atom is 0.245 e. The normalized spacial score (nSPS) is 11.9. The molecule has 0 aliphatic heterocycles. The van der Waals surface area contributed by atoms with Gasteiger partial charge < -0.3 is 15.7 Å². The Hall–Kier alpha value is -2.93. The van der Waals surface area contributed by atoms with Crippen molar-refractivity contribution in [1.82, 2.24) is 10.3 Å². The number of thiazole rings is 1. The molecule has 1 aromatic heterocycles. The van der Waals surface area contributed by atoms with Gasteiger partial charge in [-0.05, 0) is 34.5 Å². The van der Waals surface area contributed by atoms with Gasteiger partial charge in [0.2, 0.25) is 5.91 Å². The number of fused-ring (bicyclic) bond motifs is 1. The van der Waals surface area contributed by atoms with Gasteiger partial charge in [-0.15, -0.1) is 11.3 Å². The highest BCUT2D eigenvalue weighted by Gasteiger charge is 2.19. The first-order valence-corrected chi connectivity index (χ1v) is 10.7. The molecule has 0 spiro atoms. The molecule has 1 atom stereocenters. The van der Waals surface area contributed by atoms with Crippen molar-refractivity contribution in [3.63, 3.8) is 0 Å². The molecule has 0 bridgehead atoms. The molecule has 0 aliphatic carbocycles. The number of hydrogen-bond acceptors (Lipinski definition) is 5. The number of nitrogens with zero attached hydrogens (tertiary/aromatic N) is 1. The number of halogens is 1. The molecule has 5 nitrogen and oxygen atoms in total. The van der Waals surface area contributed by atoms with Crippen LogP contribution in [0, 0.1) is 0 Å². The first-order chi connectivity index (χ1) is 14.6. The van der Waals surface area contributed by atoms with E-state index in [0.717, 1.165) is 22.2 Å². The van der Waals surface area contributed by atoms with Crippen molar-refractivity contribution in [2.45, 2.75) is 12.6 Å². The van der Waals surface area contributed by atoms with E-state index in [1.807, 2.05) is 35.7 Å². The van der Waals surface area contributed by atoms with Crippen LogP contribution in [-0.2, 0) is 11.3 Å². The van der Waals surface area contributed by atoms with Crippen LogP contribution in [0.2, 0.25) is 5.02 Å². The molecule has 0 saturated carbocycles. The Bertz CT molecular complexity index is 1180. The van der Waals surface area contributed by atoms with Gasteiger partial charge in [0.25, 0.3) is 0 Å². The minimum atomic E-state index is -0.792. The van der Waals surface area contributed by atoms with Gasteiger partial charge in [0, 0.05) is 22.5 Å². The molecule has 4 aromatic rings. The van der Waals surface area contributed by atoms with Crippen molar-refractivity contribution >= 4 is 44.7 Å². The fraction of sp³-hybridized carbons (Fsp3) is 0.130. The average molecular weight is 438 g/mol. The molecule has 0 saturated heterocycles. The smallest absolute Gasteiger partial charge is 0.245 e. The summed E-state index contributed by atoms with van der Waals surface area (Å²) in [4.78, 5) is 17.1. The van der Waals surface area contributed by atoms with E-state index in [4.69, 9.17) is 11.6 Å². The molecule has 3 aromatic carbocycles. The largest absolute Gasteiger partial charge is 0.394 e. The maximum atomic E-state index is 12.5. The van der Waals surface area contributed by atoms with Gasteiger partial charge in [-0.3, -0.25) is 4.79 Å². The maximum absolute atomic E-state index is 12.5. The summed E-state index contributed by atoms with van der Waals surface area (Å²) >= 11 is 7.37.